The molecule has 0 saturated carbocycles. The van der Waals surface area contributed by atoms with Crippen LogP contribution in [-0.4, -0.2) is 43.1 Å². The minimum absolute atomic E-state index is 0.153. The van der Waals surface area contributed by atoms with Gasteiger partial charge in [-0.05, 0) is 36.4 Å². The first-order valence-corrected chi connectivity index (χ1v) is 8.32. The van der Waals surface area contributed by atoms with Gasteiger partial charge in [-0.2, -0.15) is 0 Å². The quantitative estimate of drug-likeness (QED) is 0.294. The average molecular weight is 401 g/mol. The van der Waals surface area contributed by atoms with Crippen LogP contribution in [0.4, 0.5) is 5.69 Å². The van der Waals surface area contributed by atoms with Crippen LogP contribution in [-0.2, 0) is 11.2 Å². The molecule has 0 spiro atoms. The van der Waals surface area contributed by atoms with E-state index in [9.17, 15) is 19.7 Å². The number of allylic oxidation sites excluding steroid dienone is 1. The van der Waals surface area contributed by atoms with Crippen molar-refractivity contribution in [1.29, 1.82) is 0 Å². The van der Waals surface area contributed by atoms with Gasteiger partial charge in [-0.25, -0.2) is 0 Å². The number of aliphatic carboxylic acids is 1. The van der Waals surface area contributed by atoms with Crippen LogP contribution < -0.4 is 14.2 Å². The highest BCUT2D eigenvalue weighted by molar-refractivity contribution is 6.07. The van der Waals surface area contributed by atoms with Gasteiger partial charge in [0, 0.05) is 11.1 Å². The van der Waals surface area contributed by atoms with E-state index in [0.717, 1.165) is 0 Å². The minimum Gasteiger partial charge on any atom is -0.496 e. The molecule has 0 aliphatic heterocycles. The molecule has 0 aliphatic rings. The number of nitrogens with zero attached hydrogens (tertiary/aromatic N) is 1. The van der Waals surface area contributed by atoms with Crippen molar-refractivity contribution in [2.45, 2.75) is 6.42 Å². The summed E-state index contributed by atoms with van der Waals surface area (Å²) in [6, 6.07) is 7.01. The molecule has 1 N–H and O–H groups in total. The summed E-state index contributed by atoms with van der Waals surface area (Å²) < 4.78 is 15.3. The smallest absolute Gasteiger partial charge is 0.307 e. The fourth-order valence-electron chi connectivity index (χ4n) is 2.67. The maximum absolute atomic E-state index is 12.5. The second kappa shape index (κ2) is 9.36. The molecule has 9 nitrogen and oxygen atoms in total. The van der Waals surface area contributed by atoms with Crippen LogP contribution in [0, 0.1) is 10.1 Å². The summed E-state index contributed by atoms with van der Waals surface area (Å²) in [6.07, 6.45) is 2.15. The highest BCUT2D eigenvalue weighted by Crippen LogP contribution is 2.35. The van der Waals surface area contributed by atoms with Gasteiger partial charge in [0.25, 0.3) is 5.69 Å². The lowest BCUT2D eigenvalue weighted by molar-refractivity contribution is -0.385. The van der Waals surface area contributed by atoms with Gasteiger partial charge in [0.05, 0.1) is 44.3 Å². The van der Waals surface area contributed by atoms with Crippen LogP contribution in [0.2, 0.25) is 0 Å². The maximum Gasteiger partial charge on any atom is 0.307 e. The predicted molar refractivity (Wildman–Crippen MR) is 104 cm³/mol. The van der Waals surface area contributed by atoms with Crippen LogP contribution in [0.25, 0.3) is 6.08 Å². The number of methoxy groups -OCH3 is 3. The molecule has 0 radical (unpaired) electrons. The Bertz CT molecular complexity index is 981. The topological polar surface area (TPSA) is 125 Å². The number of rotatable bonds is 9. The molecule has 0 fully saturated rings. The lowest BCUT2D eigenvalue weighted by Crippen LogP contribution is -2.04. The number of ether oxygens (including phenoxy) is 3. The molecule has 0 heterocycles. The van der Waals surface area contributed by atoms with Crippen molar-refractivity contribution < 1.29 is 33.8 Å². The Balaban J connectivity index is 2.40. The van der Waals surface area contributed by atoms with Crippen molar-refractivity contribution in [2.75, 3.05) is 21.3 Å². The molecule has 9 heteroatoms. The fourth-order valence-corrected chi connectivity index (χ4v) is 2.67. The highest BCUT2D eigenvalue weighted by atomic mass is 16.6. The normalized spacial score (nSPS) is 10.6. The molecule has 0 saturated heterocycles. The molecular weight excluding hydrogens is 382 g/mol. The predicted octanol–water partition coefficient (Wildman–Crippen LogP) is 3.14. The first-order valence-electron chi connectivity index (χ1n) is 8.32. The maximum atomic E-state index is 12.5. The number of nitro benzene ring substituents is 1. The zero-order valence-electron chi connectivity index (χ0n) is 16.0. The number of hydrogen-bond acceptors (Lipinski definition) is 7. The average Bonchev–Trinajstić information content (AvgIpc) is 2.70. The van der Waals surface area contributed by atoms with E-state index < -0.39 is 16.7 Å². The third-order valence-corrected chi connectivity index (χ3v) is 4.05. The number of hydrogen-bond donors (Lipinski definition) is 1. The first kappa shape index (κ1) is 21.4. The fraction of sp³-hybridized carbons (Fsp3) is 0.200. The Labute approximate surface area is 166 Å². The van der Waals surface area contributed by atoms with Crippen LogP contribution in [0.5, 0.6) is 17.2 Å². The van der Waals surface area contributed by atoms with Gasteiger partial charge < -0.3 is 19.3 Å². The highest BCUT2D eigenvalue weighted by Gasteiger charge is 2.18. The summed E-state index contributed by atoms with van der Waals surface area (Å²) in [5.74, 6) is -0.703. The molecule has 0 aromatic heterocycles. The summed E-state index contributed by atoms with van der Waals surface area (Å²) in [6.45, 7) is 0. The number of carboxylic acids is 1. The Morgan fingerprint density at radius 1 is 1.03 bits per heavy atom. The van der Waals surface area contributed by atoms with Crippen LogP contribution >= 0.6 is 0 Å². The lowest BCUT2D eigenvalue weighted by Gasteiger charge is -2.09. The van der Waals surface area contributed by atoms with Crippen LogP contribution in [0.15, 0.2) is 36.4 Å². The van der Waals surface area contributed by atoms with E-state index in [0.29, 0.717) is 11.3 Å². The number of ketones is 1. The molecule has 0 amide bonds. The summed E-state index contributed by atoms with van der Waals surface area (Å²) in [5, 5.41) is 20.3. The van der Waals surface area contributed by atoms with Gasteiger partial charge in [0.2, 0.25) is 0 Å². The van der Waals surface area contributed by atoms with E-state index in [4.69, 9.17) is 19.3 Å². The minimum atomic E-state index is -1.07. The van der Waals surface area contributed by atoms with Crippen molar-refractivity contribution in [3.63, 3.8) is 0 Å². The van der Waals surface area contributed by atoms with E-state index >= 15 is 0 Å². The zero-order valence-corrected chi connectivity index (χ0v) is 16.0. The molecule has 152 valence electrons. The Hall–Kier alpha value is -3.88. The number of benzene rings is 2. The SMILES string of the molecule is COc1ccc(C(=O)/C=C/c2cc(OC)c(OC)cc2[N+](=O)[O-])cc1CC(=O)O. The van der Waals surface area contributed by atoms with Crippen LogP contribution in [0.3, 0.4) is 0 Å². The largest absolute Gasteiger partial charge is 0.496 e. The van der Waals surface area contributed by atoms with Crippen molar-refractivity contribution in [3.05, 3.63) is 63.2 Å². The Kier molecular flexibility index (Phi) is 6.91. The van der Waals surface area contributed by atoms with Gasteiger partial charge >= 0.3 is 5.97 Å². The summed E-state index contributed by atoms with van der Waals surface area (Å²) in [4.78, 5) is 34.3. The molecule has 0 bridgehead atoms. The number of carboxylic acid groups (broad SMARTS) is 1. The van der Waals surface area contributed by atoms with Gasteiger partial charge in [0.1, 0.15) is 5.75 Å². The second-order valence-electron chi connectivity index (χ2n) is 5.82. The van der Waals surface area contributed by atoms with Gasteiger partial charge in [-0.15, -0.1) is 0 Å². The number of nitro groups is 1. The zero-order chi connectivity index (χ0) is 21.6. The molecule has 0 atom stereocenters. The number of carbonyl (C=O) groups excluding carboxylic acids is 1. The first-order chi connectivity index (χ1) is 13.8. The van der Waals surface area contributed by atoms with E-state index in [2.05, 4.69) is 0 Å². The Morgan fingerprint density at radius 3 is 2.21 bits per heavy atom. The molecular formula is C20H19NO8. The standard InChI is InChI=1S/C20H19NO8/c1-27-17-7-5-13(8-14(17)10-20(23)24)16(22)6-4-12-9-18(28-2)19(29-3)11-15(12)21(25)26/h4-9,11H,10H2,1-3H3,(H,23,24)/b6-4+. The lowest BCUT2D eigenvalue weighted by atomic mass is 10.0. The monoisotopic (exact) mass is 401 g/mol. The van der Waals surface area contributed by atoms with Crippen molar-refractivity contribution >= 4 is 23.5 Å². The molecule has 2 rings (SSSR count). The van der Waals surface area contributed by atoms with E-state index in [-0.39, 0.29) is 34.7 Å². The van der Waals surface area contributed by atoms with E-state index in [1.807, 2.05) is 0 Å². The summed E-state index contributed by atoms with van der Waals surface area (Å²) in [5.41, 5.74) is 0.464. The summed E-state index contributed by atoms with van der Waals surface area (Å²) >= 11 is 0. The second-order valence-corrected chi connectivity index (χ2v) is 5.82. The van der Waals surface area contributed by atoms with Gasteiger partial charge in [-0.3, -0.25) is 19.7 Å². The van der Waals surface area contributed by atoms with E-state index in [1.54, 1.807) is 0 Å². The van der Waals surface area contributed by atoms with E-state index in [1.165, 1.54) is 63.8 Å². The van der Waals surface area contributed by atoms with Crippen LogP contribution in [0.1, 0.15) is 21.5 Å². The Morgan fingerprint density at radius 2 is 1.66 bits per heavy atom. The van der Waals surface area contributed by atoms with Gasteiger partial charge in [0.15, 0.2) is 17.3 Å². The molecule has 0 aliphatic carbocycles. The third kappa shape index (κ3) is 5.10. The third-order valence-electron chi connectivity index (χ3n) is 4.05. The van der Waals surface area contributed by atoms with Crippen molar-refractivity contribution in [3.8, 4) is 17.2 Å². The van der Waals surface area contributed by atoms with Gasteiger partial charge in [-0.1, -0.05) is 0 Å². The molecule has 2 aromatic carbocycles. The number of carbonyl (C=O) groups is 2. The van der Waals surface area contributed by atoms with Crippen molar-refractivity contribution in [1.82, 2.24) is 0 Å². The van der Waals surface area contributed by atoms with Crippen molar-refractivity contribution in [2.24, 2.45) is 0 Å². The summed E-state index contributed by atoms with van der Waals surface area (Å²) in [7, 11) is 4.15. The molecule has 0 unspecified atom stereocenters. The molecule has 2 aromatic rings. The molecule has 29 heavy (non-hydrogen) atoms.